The lowest BCUT2D eigenvalue weighted by molar-refractivity contribution is 0.0154. The molecule has 0 spiro atoms. The minimum Gasteiger partial charge on any atom is -0.377 e. The van der Waals surface area contributed by atoms with Crippen LogP contribution in [0.3, 0.4) is 0 Å². The first kappa shape index (κ1) is 16.1. The molecule has 0 unspecified atom stereocenters. The van der Waals surface area contributed by atoms with E-state index in [0.717, 1.165) is 17.3 Å². The zero-order valence-corrected chi connectivity index (χ0v) is 14.0. The van der Waals surface area contributed by atoms with E-state index in [1.165, 1.54) is 0 Å². The summed E-state index contributed by atoms with van der Waals surface area (Å²) in [6.45, 7) is 1.99. The maximum absolute atomic E-state index is 12.4. The Morgan fingerprint density at radius 3 is 2.70 bits per heavy atom. The van der Waals surface area contributed by atoms with E-state index in [4.69, 9.17) is 27.9 Å². The zero-order chi connectivity index (χ0) is 14.5. The third-order valence-electron chi connectivity index (χ3n) is 3.32. The molecular weight excluding hydrogens is 365 g/mol. The second-order valence-electron chi connectivity index (χ2n) is 4.68. The fourth-order valence-electron chi connectivity index (χ4n) is 2.27. The summed E-state index contributed by atoms with van der Waals surface area (Å²) in [4.78, 5) is 14.3. The molecule has 1 aromatic rings. The van der Waals surface area contributed by atoms with Gasteiger partial charge >= 0.3 is 0 Å². The third kappa shape index (κ3) is 4.10. The van der Waals surface area contributed by atoms with E-state index in [9.17, 15) is 4.79 Å². The minimum atomic E-state index is 0.0318. The lowest BCUT2D eigenvalue weighted by Gasteiger charge is -2.32. The van der Waals surface area contributed by atoms with Crippen molar-refractivity contribution in [2.24, 2.45) is 0 Å². The van der Waals surface area contributed by atoms with Crippen molar-refractivity contribution in [1.29, 1.82) is 0 Å². The molecule has 3 nitrogen and oxygen atoms in total. The topological polar surface area (TPSA) is 29.5 Å². The maximum Gasteiger partial charge on any atom is 0.255 e. The number of piperidine rings is 1. The van der Waals surface area contributed by atoms with Gasteiger partial charge in [0.25, 0.3) is 5.91 Å². The molecular formula is C14H16BrCl2NO2. The number of ether oxygens (including phenoxy) is 1. The summed E-state index contributed by atoms with van der Waals surface area (Å²) in [6.07, 6.45) is 1.92. The Morgan fingerprint density at radius 1 is 1.40 bits per heavy atom. The number of hydrogen-bond acceptors (Lipinski definition) is 2. The first-order valence-electron chi connectivity index (χ1n) is 6.53. The highest BCUT2D eigenvalue weighted by Gasteiger charge is 2.25. The number of likely N-dealkylation sites (tertiary alicyclic amines) is 1. The smallest absolute Gasteiger partial charge is 0.255 e. The van der Waals surface area contributed by atoms with Crippen LogP contribution in [0.5, 0.6) is 0 Å². The van der Waals surface area contributed by atoms with Gasteiger partial charge in [-0.15, -0.1) is 11.6 Å². The van der Waals surface area contributed by atoms with Crippen molar-refractivity contribution in [3.05, 3.63) is 33.3 Å². The van der Waals surface area contributed by atoms with Crippen LogP contribution in [0.4, 0.5) is 0 Å². The predicted octanol–water partition coefficient (Wildman–Crippen LogP) is 3.96. The molecule has 0 aliphatic carbocycles. The molecule has 0 aromatic heterocycles. The summed E-state index contributed by atoms with van der Waals surface area (Å²) in [5.74, 6) is 0.543. The first-order valence-corrected chi connectivity index (χ1v) is 8.24. The molecule has 1 aliphatic heterocycles. The van der Waals surface area contributed by atoms with Gasteiger partial charge in [0.05, 0.1) is 18.3 Å². The summed E-state index contributed by atoms with van der Waals surface area (Å²) < 4.78 is 6.34. The Hall–Kier alpha value is -0.290. The molecule has 110 valence electrons. The summed E-state index contributed by atoms with van der Waals surface area (Å²) >= 11 is 14.9. The lowest BCUT2D eigenvalue weighted by atomic mass is 10.1. The van der Waals surface area contributed by atoms with Crippen LogP contribution in [0, 0.1) is 0 Å². The van der Waals surface area contributed by atoms with Crippen molar-refractivity contribution in [2.75, 3.05) is 25.6 Å². The van der Waals surface area contributed by atoms with Crippen molar-refractivity contribution < 1.29 is 9.53 Å². The summed E-state index contributed by atoms with van der Waals surface area (Å²) in [5, 5.41) is 0.613. The largest absolute Gasteiger partial charge is 0.377 e. The average molecular weight is 381 g/mol. The molecule has 2 rings (SSSR count). The Morgan fingerprint density at radius 2 is 2.10 bits per heavy atom. The number of alkyl halides is 1. The highest BCUT2D eigenvalue weighted by molar-refractivity contribution is 9.10. The summed E-state index contributed by atoms with van der Waals surface area (Å²) in [7, 11) is 0. The van der Waals surface area contributed by atoms with Crippen molar-refractivity contribution in [1.82, 2.24) is 4.90 Å². The maximum atomic E-state index is 12.4. The molecule has 1 amide bonds. The van der Waals surface area contributed by atoms with Gasteiger partial charge in [0.2, 0.25) is 0 Å². The van der Waals surface area contributed by atoms with Crippen LogP contribution in [0.25, 0.3) is 0 Å². The SMILES string of the molecule is O=C(c1ccc(Cl)cc1Br)N1CCC(OCCCl)CC1. The van der Waals surface area contributed by atoms with Gasteiger partial charge < -0.3 is 9.64 Å². The second-order valence-corrected chi connectivity index (χ2v) is 6.34. The van der Waals surface area contributed by atoms with Crippen molar-refractivity contribution >= 4 is 45.0 Å². The van der Waals surface area contributed by atoms with Crippen LogP contribution < -0.4 is 0 Å². The molecule has 0 atom stereocenters. The Balaban J connectivity index is 1.94. The van der Waals surface area contributed by atoms with Gasteiger partial charge in [0, 0.05) is 28.5 Å². The van der Waals surface area contributed by atoms with Crippen molar-refractivity contribution in [3.63, 3.8) is 0 Å². The predicted molar refractivity (Wildman–Crippen MR) is 84.7 cm³/mol. The molecule has 1 heterocycles. The van der Waals surface area contributed by atoms with Crippen LogP contribution in [-0.2, 0) is 4.74 Å². The van der Waals surface area contributed by atoms with Gasteiger partial charge in [-0.1, -0.05) is 11.6 Å². The van der Waals surface area contributed by atoms with E-state index in [0.29, 0.717) is 36.2 Å². The normalized spacial score (nSPS) is 16.4. The van der Waals surface area contributed by atoms with Crippen LogP contribution >= 0.6 is 39.1 Å². The molecule has 1 saturated heterocycles. The first-order chi connectivity index (χ1) is 9.61. The standard InChI is InChI=1S/C14H16BrCl2NO2/c15-13-9-10(17)1-2-12(13)14(19)18-6-3-11(4-7-18)20-8-5-16/h1-2,9,11H,3-8H2. The highest BCUT2D eigenvalue weighted by atomic mass is 79.9. The van der Waals surface area contributed by atoms with Gasteiger partial charge in [-0.3, -0.25) is 4.79 Å². The zero-order valence-electron chi connectivity index (χ0n) is 10.9. The van der Waals surface area contributed by atoms with Gasteiger partial charge in [0.1, 0.15) is 0 Å². The minimum absolute atomic E-state index is 0.0318. The molecule has 20 heavy (non-hydrogen) atoms. The lowest BCUT2D eigenvalue weighted by Crippen LogP contribution is -2.41. The Labute approximate surface area is 137 Å². The number of rotatable bonds is 4. The van der Waals surface area contributed by atoms with Crippen molar-refractivity contribution in [3.8, 4) is 0 Å². The van der Waals surface area contributed by atoms with E-state index in [1.807, 2.05) is 4.90 Å². The number of carbonyl (C=O) groups excluding carboxylic acids is 1. The van der Waals surface area contributed by atoms with E-state index in [-0.39, 0.29) is 12.0 Å². The fourth-order valence-corrected chi connectivity index (χ4v) is 3.21. The van der Waals surface area contributed by atoms with Gasteiger partial charge in [-0.05, 0) is 47.0 Å². The second kappa shape index (κ2) is 7.64. The van der Waals surface area contributed by atoms with Crippen LogP contribution in [0.2, 0.25) is 5.02 Å². The van der Waals surface area contributed by atoms with Crippen molar-refractivity contribution in [2.45, 2.75) is 18.9 Å². The highest BCUT2D eigenvalue weighted by Crippen LogP contribution is 2.24. The number of carbonyl (C=O) groups is 1. The van der Waals surface area contributed by atoms with Gasteiger partial charge in [0.15, 0.2) is 0 Å². The molecule has 1 fully saturated rings. The number of halogens is 3. The third-order valence-corrected chi connectivity index (χ3v) is 4.37. The molecule has 0 bridgehead atoms. The number of benzene rings is 1. The number of hydrogen-bond donors (Lipinski definition) is 0. The van der Waals surface area contributed by atoms with E-state index >= 15 is 0 Å². The molecule has 0 radical (unpaired) electrons. The number of nitrogens with zero attached hydrogens (tertiary/aromatic N) is 1. The van der Waals surface area contributed by atoms with Crippen LogP contribution in [0.1, 0.15) is 23.2 Å². The average Bonchev–Trinajstić information content (AvgIpc) is 2.45. The van der Waals surface area contributed by atoms with E-state index in [1.54, 1.807) is 18.2 Å². The van der Waals surface area contributed by atoms with E-state index < -0.39 is 0 Å². The van der Waals surface area contributed by atoms with Crippen LogP contribution in [0.15, 0.2) is 22.7 Å². The molecule has 1 aliphatic rings. The molecule has 0 N–H and O–H groups in total. The number of amides is 1. The Bertz CT molecular complexity index is 476. The molecule has 1 aromatic carbocycles. The molecule has 6 heteroatoms. The Kier molecular flexibility index (Phi) is 6.15. The summed E-state index contributed by atoms with van der Waals surface area (Å²) in [6, 6.07) is 5.23. The quantitative estimate of drug-likeness (QED) is 0.740. The monoisotopic (exact) mass is 379 g/mol. The van der Waals surface area contributed by atoms with Crippen LogP contribution in [-0.4, -0.2) is 42.5 Å². The fraction of sp³-hybridized carbons (Fsp3) is 0.500. The molecule has 0 saturated carbocycles. The van der Waals surface area contributed by atoms with Gasteiger partial charge in [-0.25, -0.2) is 0 Å². The van der Waals surface area contributed by atoms with Gasteiger partial charge in [-0.2, -0.15) is 0 Å². The summed E-state index contributed by atoms with van der Waals surface area (Å²) in [5.41, 5.74) is 0.648. The van der Waals surface area contributed by atoms with E-state index in [2.05, 4.69) is 15.9 Å².